The van der Waals surface area contributed by atoms with Crippen LogP contribution >= 0.6 is 0 Å². The number of aryl methyl sites for hydroxylation is 1. The van der Waals surface area contributed by atoms with E-state index in [0.29, 0.717) is 0 Å². The molecule has 0 spiro atoms. The van der Waals surface area contributed by atoms with Gasteiger partial charge in [0, 0.05) is 24.1 Å². The van der Waals surface area contributed by atoms with E-state index in [0.717, 1.165) is 24.3 Å². The summed E-state index contributed by atoms with van der Waals surface area (Å²) in [7, 11) is 0. The van der Waals surface area contributed by atoms with Crippen molar-refractivity contribution in [2.24, 2.45) is 5.41 Å². The van der Waals surface area contributed by atoms with E-state index in [1.807, 2.05) is 26.0 Å². The molecule has 16 heavy (non-hydrogen) atoms. The van der Waals surface area contributed by atoms with Crippen LogP contribution in [0.25, 0.3) is 0 Å². The van der Waals surface area contributed by atoms with E-state index in [2.05, 4.69) is 24.1 Å². The third-order valence-corrected chi connectivity index (χ3v) is 2.52. The Morgan fingerprint density at radius 1 is 1.50 bits per heavy atom. The van der Waals surface area contributed by atoms with Gasteiger partial charge in [0.15, 0.2) is 0 Å². The summed E-state index contributed by atoms with van der Waals surface area (Å²) in [5.41, 5.74) is 2.19. The molecule has 1 atom stereocenters. The van der Waals surface area contributed by atoms with Gasteiger partial charge in [0.05, 0.1) is 6.10 Å². The molecule has 1 aromatic rings. The van der Waals surface area contributed by atoms with Crippen LogP contribution < -0.4 is 5.32 Å². The van der Waals surface area contributed by atoms with Crippen LogP contribution in [0.4, 0.5) is 5.69 Å². The van der Waals surface area contributed by atoms with Gasteiger partial charge in [0.25, 0.3) is 0 Å². The molecule has 0 aliphatic heterocycles. The van der Waals surface area contributed by atoms with E-state index in [9.17, 15) is 5.11 Å². The molecule has 90 valence electrons. The predicted octanol–water partition coefficient (Wildman–Crippen LogP) is 2.60. The smallest absolute Gasteiger partial charge is 0.0517 e. The lowest BCUT2D eigenvalue weighted by Crippen LogP contribution is -2.27. The zero-order valence-electron chi connectivity index (χ0n) is 10.6. The molecule has 0 bridgehead atoms. The number of hydrogen-bond donors (Lipinski definition) is 2. The highest BCUT2D eigenvalue weighted by Gasteiger charge is 2.19. The van der Waals surface area contributed by atoms with Crippen LogP contribution in [0.5, 0.6) is 0 Å². The van der Waals surface area contributed by atoms with Crippen LogP contribution in [-0.4, -0.2) is 22.7 Å². The summed E-state index contributed by atoms with van der Waals surface area (Å²) in [6.45, 7) is 8.97. The molecule has 0 saturated heterocycles. The maximum absolute atomic E-state index is 9.39. The van der Waals surface area contributed by atoms with E-state index >= 15 is 0 Å². The van der Waals surface area contributed by atoms with E-state index in [1.54, 1.807) is 6.20 Å². The third kappa shape index (κ3) is 4.62. The first-order valence-electron chi connectivity index (χ1n) is 5.74. The summed E-state index contributed by atoms with van der Waals surface area (Å²) < 4.78 is 0. The minimum Gasteiger partial charge on any atom is -0.393 e. The lowest BCUT2D eigenvalue weighted by Gasteiger charge is -2.26. The largest absolute Gasteiger partial charge is 0.393 e. The van der Waals surface area contributed by atoms with Gasteiger partial charge in [-0.1, -0.05) is 13.8 Å². The Balaban J connectivity index is 2.50. The van der Waals surface area contributed by atoms with E-state index in [4.69, 9.17) is 0 Å². The standard InChI is InChI=1S/C13H22N2O/c1-10-7-12(5-6-14-10)15-9-13(3,4)8-11(2)16/h5-7,11,16H,8-9H2,1-4H3,(H,14,15). The summed E-state index contributed by atoms with van der Waals surface area (Å²) >= 11 is 0. The van der Waals surface area contributed by atoms with Crippen molar-refractivity contribution in [3.63, 3.8) is 0 Å². The average Bonchev–Trinajstić information content (AvgIpc) is 2.13. The maximum Gasteiger partial charge on any atom is 0.0517 e. The normalized spacial score (nSPS) is 13.6. The second kappa shape index (κ2) is 5.30. The molecule has 3 heteroatoms. The molecule has 0 aliphatic rings. The van der Waals surface area contributed by atoms with Gasteiger partial charge in [-0.15, -0.1) is 0 Å². The summed E-state index contributed by atoms with van der Waals surface area (Å²) in [6.07, 6.45) is 2.35. The van der Waals surface area contributed by atoms with Crippen molar-refractivity contribution in [2.45, 2.75) is 40.2 Å². The van der Waals surface area contributed by atoms with Gasteiger partial charge in [-0.2, -0.15) is 0 Å². The molecule has 1 aromatic heterocycles. The van der Waals surface area contributed by atoms with Crippen molar-refractivity contribution in [2.75, 3.05) is 11.9 Å². The molecule has 2 N–H and O–H groups in total. The van der Waals surface area contributed by atoms with Crippen molar-refractivity contribution in [1.82, 2.24) is 4.98 Å². The minimum atomic E-state index is -0.254. The molecule has 0 radical (unpaired) electrons. The number of pyridine rings is 1. The van der Waals surface area contributed by atoms with Crippen molar-refractivity contribution >= 4 is 5.69 Å². The predicted molar refractivity (Wildman–Crippen MR) is 67.5 cm³/mol. The minimum absolute atomic E-state index is 0.0886. The van der Waals surface area contributed by atoms with Gasteiger partial charge in [-0.3, -0.25) is 4.98 Å². The van der Waals surface area contributed by atoms with Gasteiger partial charge < -0.3 is 10.4 Å². The Kier molecular flexibility index (Phi) is 4.30. The Bertz CT molecular complexity index is 334. The van der Waals surface area contributed by atoms with Crippen LogP contribution in [0.3, 0.4) is 0 Å². The van der Waals surface area contributed by atoms with E-state index in [1.165, 1.54) is 0 Å². The molecule has 0 saturated carbocycles. The van der Waals surface area contributed by atoms with Crippen LogP contribution in [0.1, 0.15) is 32.9 Å². The first-order chi connectivity index (χ1) is 7.39. The summed E-state index contributed by atoms with van der Waals surface area (Å²) in [4.78, 5) is 4.15. The quantitative estimate of drug-likeness (QED) is 0.805. The molecule has 1 heterocycles. The Labute approximate surface area is 97.9 Å². The van der Waals surface area contributed by atoms with Gasteiger partial charge >= 0.3 is 0 Å². The number of hydrogen-bond acceptors (Lipinski definition) is 3. The second-order valence-electron chi connectivity index (χ2n) is 5.26. The lowest BCUT2D eigenvalue weighted by molar-refractivity contribution is 0.135. The highest BCUT2D eigenvalue weighted by molar-refractivity contribution is 5.43. The molecular formula is C13H22N2O. The van der Waals surface area contributed by atoms with Gasteiger partial charge in [0.1, 0.15) is 0 Å². The molecule has 3 nitrogen and oxygen atoms in total. The Hall–Kier alpha value is -1.09. The van der Waals surface area contributed by atoms with Crippen molar-refractivity contribution < 1.29 is 5.11 Å². The zero-order chi connectivity index (χ0) is 12.2. The highest BCUT2D eigenvalue weighted by Crippen LogP contribution is 2.23. The molecule has 1 rings (SSSR count). The number of aliphatic hydroxyl groups excluding tert-OH is 1. The van der Waals surface area contributed by atoms with Gasteiger partial charge in [-0.05, 0) is 37.8 Å². The third-order valence-electron chi connectivity index (χ3n) is 2.52. The number of aliphatic hydroxyl groups is 1. The van der Waals surface area contributed by atoms with Crippen LogP contribution in [-0.2, 0) is 0 Å². The lowest BCUT2D eigenvalue weighted by atomic mass is 9.87. The number of nitrogens with zero attached hydrogens (tertiary/aromatic N) is 1. The fourth-order valence-corrected chi connectivity index (χ4v) is 1.87. The second-order valence-corrected chi connectivity index (χ2v) is 5.26. The van der Waals surface area contributed by atoms with Crippen molar-refractivity contribution in [3.05, 3.63) is 24.0 Å². The van der Waals surface area contributed by atoms with Crippen LogP contribution in [0, 0.1) is 12.3 Å². The van der Waals surface area contributed by atoms with Crippen molar-refractivity contribution in [1.29, 1.82) is 0 Å². The zero-order valence-corrected chi connectivity index (χ0v) is 10.6. The van der Waals surface area contributed by atoms with Crippen LogP contribution in [0.15, 0.2) is 18.3 Å². The molecule has 0 fully saturated rings. The van der Waals surface area contributed by atoms with Gasteiger partial charge in [0.2, 0.25) is 0 Å². The van der Waals surface area contributed by atoms with E-state index in [-0.39, 0.29) is 11.5 Å². The average molecular weight is 222 g/mol. The molecule has 1 unspecified atom stereocenters. The van der Waals surface area contributed by atoms with Crippen LogP contribution in [0.2, 0.25) is 0 Å². The molecule has 0 amide bonds. The fraction of sp³-hybridized carbons (Fsp3) is 0.615. The molecule has 0 aromatic carbocycles. The first kappa shape index (κ1) is 13.0. The number of rotatable bonds is 5. The molecular weight excluding hydrogens is 200 g/mol. The number of anilines is 1. The topological polar surface area (TPSA) is 45.1 Å². The molecule has 0 aliphatic carbocycles. The first-order valence-corrected chi connectivity index (χ1v) is 5.74. The Morgan fingerprint density at radius 3 is 2.75 bits per heavy atom. The summed E-state index contributed by atoms with van der Waals surface area (Å²) in [5, 5.41) is 12.8. The SMILES string of the molecule is Cc1cc(NCC(C)(C)CC(C)O)ccn1. The van der Waals surface area contributed by atoms with E-state index < -0.39 is 0 Å². The summed E-state index contributed by atoms with van der Waals surface area (Å²) in [5.74, 6) is 0. The highest BCUT2D eigenvalue weighted by atomic mass is 16.3. The van der Waals surface area contributed by atoms with Gasteiger partial charge in [-0.25, -0.2) is 0 Å². The number of aromatic nitrogens is 1. The number of nitrogens with one attached hydrogen (secondary N) is 1. The maximum atomic E-state index is 9.39. The Morgan fingerprint density at radius 2 is 2.19 bits per heavy atom. The fourth-order valence-electron chi connectivity index (χ4n) is 1.87. The monoisotopic (exact) mass is 222 g/mol. The summed E-state index contributed by atoms with van der Waals surface area (Å²) in [6, 6.07) is 3.99. The van der Waals surface area contributed by atoms with Crippen molar-refractivity contribution in [3.8, 4) is 0 Å².